The van der Waals surface area contributed by atoms with E-state index in [0.29, 0.717) is 18.5 Å². The van der Waals surface area contributed by atoms with Crippen molar-refractivity contribution >= 4 is 24.2 Å². The Bertz CT molecular complexity index is 1090. The second kappa shape index (κ2) is 8.17. The molecule has 162 valence electrons. The Morgan fingerprint density at radius 1 is 1.19 bits per heavy atom. The highest BCUT2D eigenvalue weighted by atomic mass is 16.6. The van der Waals surface area contributed by atoms with E-state index in [-0.39, 0.29) is 5.91 Å². The molecule has 0 unspecified atom stereocenters. The zero-order valence-electron chi connectivity index (χ0n) is 18.6. The van der Waals surface area contributed by atoms with Gasteiger partial charge in [0.2, 0.25) is 0 Å². The zero-order valence-corrected chi connectivity index (χ0v) is 18.6. The quantitative estimate of drug-likeness (QED) is 0.647. The number of ether oxygens (including phenoxy) is 1. The number of nitrogens with zero attached hydrogens (tertiary/aromatic N) is 3. The third kappa shape index (κ3) is 4.33. The number of amides is 2. The Morgan fingerprint density at radius 3 is 2.74 bits per heavy atom. The number of imide groups is 1. The van der Waals surface area contributed by atoms with Crippen LogP contribution in [0.2, 0.25) is 0 Å². The van der Waals surface area contributed by atoms with Crippen LogP contribution in [0.25, 0.3) is 17.8 Å². The van der Waals surface area contributed by atoms with E-state index in [1.807, 2.05) is 25.4 Å². The van der Waals surface area contributed by atoms with Gasteiger partial charge in [-0.25, -0.2) is 14.7 Å². The smallest absolute Gasteiger partial charge is 0.417 e. The molecule has 31 heavy (non-hydrogen) atoms. The predicted molar refractivity (Wildman–Crippen MR) is 121 cm³/mol. The summed E-state index contributed by atoms with van der Waals surface area (Å²) in [6.07, 6.45) is 10.4. The summed E-state index contributed by atoms with van der Waals surface area (Å²) in [6, 6.07) is 6.46. The van der Waals surface area contributed by atoms with E-state index in [1.54, 1.807) is 20.8 Å². The number of aromatic nitrogens is 2. The molecule has 0 N–H and O–H groups in total. The fourth-order valence-corrected chi connectivity index (χ4v) is 4.15. The normalized spacial score (nSPS) is 17.7. The van der Waals surface area contributed by atoms with Gasteiger partial charge in [-0.3, -0.25) is 4.79 Å². The van der Waals surface area contributed by atoms with E-state index in [1.165, 1.54) is 16.0 Å². The first-order chi connectivity index (χ1) is 14.8. The van der Waals surface area contributed by atoms with Crippen LogP contribution in [-0.4, -0.2) is 38.6 Å². The lowest BCUT2D eigenvalue weighted by Gasteiger charge is -2.29. The number of carbonyl (C=O) groups is 2. The van der Waals surface area contributed by atoms with Crippen LogP contribution in [-0.2, 0) is 22.4 Å². The molecule has 1 aromatic heterocycles. The first-order valence-electron chi connectivity index (χ1n) is 10.8. The van der Waals surface area contributed by atoms with Crippen molar-refractivity contribution in [3.05, 3.63) is 58.7 Å². The second-order valence-electron chi connectivity index (χ2n) is 9.04. The number of benzene rings is 1. The fraction of sp³-hybridized carbons (Fsp3) is 0.400. The summed E-state index contributed by atoms with van der Waals surface area (Å²) in [5, 5.41) is 0. The average Bonchev–Trinajstić information content (AvgIpc) is 3.11. The highest BCUT2D eigenvalue weighted by Crippen LogP contribution is 2.30. The number of hydrogen-bond acceptors (Lipinski definition) is 4. The number of rotatable bonds is 2. The van der Waals surface area contributed by atoms with Gasteiger partial charge in [-0.2, -0.15) is 0 Å². The van der Waals surface area contributed by atoms with Crippen LogP contribution in [0.15, 0.2) is 36.2 Å². The molecule has 2 aliphatic rings. The van der Waals surface area contributed by atoms with Crippen LogP contribution in [0.3, 0.4) is 0 Å². The lowest BCUT2D eigenvalue weighted by Crippen LogP contribution is -2.44. The van der Waals surface area contributed by atoms with Gasteiger partial charge in [-0.05, 0) is 82.7 Å². The monoisotopic (exact) mass is 419 g/mol. The Labute approximate surface area is 183 Å². The van der Waals surface area contributed by atoms with E-state index >= 15 is 0 Å². The van der Waals surface area contributed by atoms with Gasteiger partial charge < -0.3 is 9.30 Å². The maximum Gasteiger partial charge on any atom is 0.417 e. The SMILES string of the molecule is CC=Cc1ccc2c(c1)CCc1c(C=C3CCCN(C(=O)OC(C)(C)C)C3=O)ncn1-2. The van der Waals surface area contributed by atoms with E-state index in [2.05, 4.69) is 33.8 Å². The van der Waals surface area contributed by atoms with Crippen LogP contribution < -0.4 is 0 Å². The van der Waals surface area contributed by atoms with Crippen molar-refractivity contribution in [2.24, 2.45) is 0 Å². The van der Waals surface area contributed by atoms with Gasteiger partial charge in [0.25, 0.3) is 5.91 Å². The van der Waals surface area contributed by atoms with Crippen molar-refractivity contribution < 1.29 is 14.3 Å². The molecule has 0 aliphatic carbocycles. The van der Waals surface area contributed by atoms with Crippen molar-refractivity contribution in [3.8, 4) is 5.69 Å². The predicted octanol–water partition coefficient (Wildman–Crippen LogP) is 4.94. The number of carbonyl (C=O) groups excluding carboxylic acids is 2. The van der Waals surface area contributed by atoms with Gasteiger partial charge in [0.1, 0.15) is 11.9 Å². The van der Waals surface area contributed by atoms with Gasteiger partial charge >= 0.3 is 6.09 Å². The molecule has 2 aliphatic heterocycles. The van der Waals surface area contributed by atoms with Crippen molar-refractivity contribution in [2.75, 3.05) is 6.54 Å². The standard InChI is InChI=1S/C25H29N3O3/c1-5-7-17-9-11-21-18(14-17)10-12-22-20(26-16-28(21)22)15-19-8-6-13-27(23(19)29)24(30)31-25(2,3)4/h5,7,9,11,14-16H,6,8,10,12-13H2,1-4H3. The van der Waals surface area contributed by atoms with Gasteiger partial charge in [-0.15, -0.1) is 0 Å². The molecular formula is C25H29N3O3. The molecule has 1 saturated heterocycles. The molecule has 4 rings (SSSR count). The summed E-state index contributed by atoms with van der Waals surface area (Å²) in [5.41, 5.74) is 5.50. The largest absolute Gasteiger partial charge is 0.443 e. The van der Waals surface area contributed by atoms with Crippen molar-refractivity contribution in [2.45, 2.75) is 59.0 Å². The summed E-state index contributed by atoms with van der Waals surface area (Å²) in [5.74, 6) is -0.283. The summed E-state index contributed by atoms with van der Waals surface area (Å²) < 4.78 is 7.52. The van der Waals surface area contributed by atoms with E-state index in [9.17, 15) is 9.59 Å². The summed E-state index contributed by atoms with van der Waals surface area (Å²) >= 11 is 0. The number of hydrogen-bond donors (Lipinski definition) is 0. The highest BCUT2D eigenvalue weighted by molar-refractivity contribution is 6.05. The second-order valence-corrected chi connectivity index (χ2v) is 9.04. The number of piperidine rings is 1. The highest BCUT2D eigenvalue weighted by Gasteiger charge is 2.32. The Balaban J connectivity index is 1.61. The average molecular weight is 420 g/mol. The number of allylic oxidation sites excluding steroid dienone is 1. The summed E-state index contributed by atoms with van der Waals surface area (Å²) in [6.45, 7) is 7.80. The maximum atomic E-state index is 13.0. The molecule has 6 nitrogen and oxygen atoms in total. The number of imidazole rings is 1. The molecule has 6 heteroatoms. The van der Waals surface area contributed by atoms with Crippen LogP contribution in [0.4, 0.5) is 4.79 Å². The maximum absolute atomic E-state index is 13.0. The van der Waals surface area contributed by atoms with Crippen LogP contribution >= 0.6 is 0 Å². The Kier molecular flexibility index (Phi) is 5.56. The van der Waals surface area contributed by atoms with E-state index in [0.717, 1.165) is 36.3 Å². The topological polar surface area (TPSA) is 64.4 Å². The van der Waals surface area contributed by atoms with Crippen molar-refractivity contribution in [1.82, 2.24) is 14.5 Å². The zero-order chi connectivity index (χ0) is 22.2. The minimum absolute atomic E-state index is 0.283. The van der Waals surface area contributed by atoms with Crippen molar-refractivity contribution in [3.63, 3.8) is 0 Å². The Morgan fingerprint density at radius 2 is 2.00 bits per heavy atom. The molecule has 0 radical (unpaired) electrons. The summed E-state index contributed by atoms with van der Waals surface area (Å²) in [4.78, 5) is 31.2. The van der Waals surface area contributed by atoms with Gasteiger partial charge in [0, 0.05) is 12.1 Å². The minimum Gasteiger partial charge on any atom is -0.443 e. The van der Waals surface area contributed by atoms with E-state index < -0.39 is 11.7 Å². The number of aryl methyl sites for hydroxylation is 1. The number of likely N-dealkylation sites (tertiary alicyclic amines) is 1. The lowest BCUT2D eigenvalue weighted by atomic mass is 9.97. The van der Waals surface area contributed by atoms with Crippen LogP contribution in [0.1, 0.15) is 63.1 Å². The molecule has 1 fully saturated rings. The summed E-state index contributed by atoms with van der Waals surface area (Å²) in [7, 11) is 0. The van der Waals surface area contributed by atoms with Gasteiger partial charge in [-0.1, -0.05) is 18.2 Å². The van der Waals surface area contributed by atoms with Gasteiger partial charge in [0.05, 0.1) is 17.1 Å². The van der Waals surface area contributed by atoms with Crippen molar-refractivity contribution in [1.29, 1.82) is 0 Å². The molecular weight excluding hydrogens is 390 g/mol. The van der Waals surface area contributed by atoms with Crippen LogP contribution in [0.5, 0.6) is 0 Å². The van der Waals surface area contributed by atoms with Gasteiger partial charge in [0.15, 0.2) is 0 Å². The molecule has 1 aromatic carbocycles. The first-order valence-corrected chi connectivity index (χ1v) is 10.8. The first kappa shape index (κ1) is 21.1. The van der Waals surface area contributed by atoms with E-state index in [4.69, 9.17) is 4.74 Å². The lowest BCUT2D eigenvalue weighted by molar-refractivity contribution is -0.127. The third-order valence-electron chi connectivity index (χ3n) is 5.52. The third-order valence-corrected chi connectivity index (χ3v) is 5.52. The molecule has 3 heterocycles. The molecule has 0 bridgehead atoms. The minimum atomic E-state index is -0.637. The molecule has 0 saturated carbocycles. The molecule has 0 spiro atoms. The molecule has 0 atom stereocenters. The molecule has 2 aromatic rings. The molecule has 2 amide bonds. The Hall–Kier alpha value is -3.15. The fourth-order valence-electron chi connectivity index (χ4n) is 4.15. The number of fused-ring (bicyclic) bond motifs is 3. The van der Waals surface area contributed by atoms with Crippen LogP contribution in [0, 0.1) is 0 Å².